The number of hydrogen-bond donors (Lipinski definition) is 5. The van der Waals surface area contributed by atoms with Crippen LogP contribution in [0.25, 0.3) is 22.3 Å². The van der Waals surface area contributed by atoms with Gasteiger partial charge in [-0.25, -0.2) is 24.7 Å². The average Bonchev–Trinajstić information content (AvgIpc) is 3.69. The van der Waals surface area contributed by atoms with Gasteiger partial charge in [0.15, 0.2) is 22.3 Å². The minimum absolute atomic E-state index is 0. The van der Waals surface area contributed by atoms with Gasteiger partial charge in [-0.05, 0) is 42.0 Å². The molecule has 0 aliphatic carbocycles. The van der Waals surface area contributed by atoms with E-state index in [1.54, 1.807) is 9.13 Å². The van der Waals surface area contributed by atoms with Crippen LogP contribution in [0.5, 0.6) is 0 Å². The van der Waals surface area contributed by atoms with Crippen molar-refractivity contribution in [1.29, 1.82) is 0 Å². The fourth-order valence-electron chi connectivity index (χ4n) is 4.39. The van der Waals surface area contributed by atoms with Crippen LogP contribution in [0.4, 0.5) is 11.4 Å². The fourth-order valence-corrected chi connectivity index (χ4v) is 4.39. The molecule has 244 valence electrons. The molecular formula is C30H25KN10O8. The summed E-state index contributed by atoms with van der Waals surface area (Å²) >= 11 is 0. The zero-order chi connectivity index (χ0) is 34.2. The number of hydrogen-bond acceptors (Lipinski definition) is 11. The monoisotopic (exact) mass is 692 g/mol. The van der Waals surface area contributed by atoms with E-state index < -0.39 is 11.9 Å². The summed E-state index contributed by atoms with van der Waals surface area (Å²) in [5.41, 5.74) is 1.77. The smallest absolute Gasteiger partial charge is 0.545 e. The number of aromatic nitrogens is 8. The SMILES string of the molecule is O=C(CCn1cnc2c(=O)[nH]cnc21)Nc1ccc(C(=O)O)cc1.O=C(CCn1cnc2c(=O)[nH]cnc21)Nc1ccc(C(=O)[O-])cc1.[K+]. The van der Waals surface area contributed by atoms with Crippen molar-refractivity contribution in [3.63, 3.8) is 0 Å². The van der Waals surface area contributed by atoms with Gasteiger partial charge in [-0.1, -0.05) is 12.1 Å². The van der Waals surface area contributed by atoms with Crippen molar-refractivity contribution in [2.75, 3.05) is 10.6 Å². The van der Waals surface area contributed by atoms with E-state index in [4.69, 9.17) is 5.11 Å². The van der Waals surface area contributed by atoms with E-state index in [9.17, 15) is 33.9 Å². The van der Waals surface area contributed by atoms with Gasteiger partial charge in [-0.2, -0.15) is 0 Å². The van der Waals surface area contributed by atoms with Crippen molar-refractivity contribution in [2.45, 2.75) is 25.9 Å². The van der Waals surface area contributed by atoms with Crippen molar-refractivity contribution >= 4 is 57.5 Å². The number of nitrogens with zero attached hydrogens (tertiary/aromatic N) is 6. The summed E-state index contributed by atoms with van der Waals surface area (Å²) in [6, 6.07) is 11.5. The third kappa shape index (κ3) is 9.39. The quantitative estimate of drug-likeness (QED) is 0.0923. The van der Waals surface area contributed by atoms with E-state index >= 15 is 0 Å². The van der Waals surface area contributed by atoms with E-state index in [-0.39, 0.29) is 109 Å². The number of carbonyl (C=O) groups excluding carboxylic acids is 3. The van der Waals surface area contributed by atoms with E-state index in [0.717, 1.165) is 0 Å². The number of aromatic amines is 2. The maximum Gasteiger partial charge on any atom is 1.00 e. The molecule has 0 radical (unpaired) electrons. The maximum absolute atomic E-state index is 12.0. The number of carboxylic acids is 2. The third-order valence-corrected chi connectivity index (χ3v) is 6.79. The molecule has 0 bridgehead atoms. The van der Waals surface area contributed by atoms with Crippen LogP contribution in [0.2, 0.25) is 0 Å². The molecule has 0 saturated heterocycles. The number of anilines is 2. The van der Waals surface area contributed by atoms with Gasteiger partial charge in [0.2, 0.25) is 11.8 Å². The molecule has 19 heteroatoms. The number of amides is 2. The van der Waals surface area contributed by atoms with Gasteiger partial charge in [-0.15, -0.1) is 0 Å². The Bertz CT molecular complexity index is 2080. The number of benzene rings is 2. The fraction of sp³-hybridized carbons (Fsp3) is 0.133. The van der Waals surface area contributed by atoms with Crippen LogP contribution in [0.3, 0.4) is 0 Å². The summed E-state index contributed by atoms with van der Waals surface area (Å²) in [7, 11) is 0. The Hall–Kier alpha value is -5.34. The first kappa shape index (κ1) is 36.5. The molecule has 6 rings (SSSR count). The number of carbonyl (C=O) groups is 4. The standard InChI is InChI=1S/2C15H13N5O4.K/c2*21-11(19-10-3-1-9(2-4-10)15(23)24)5-6-20-8-18-12-13(20)16-7-17-14(12)22;/h2*1-4,7-8H,5-6H2,(H,19,21)(H,23,24)(H,16,17,22);/q;;+1/p-1. The molecule has 0 atom stereocenters. The van der Waals surface area contributed by atoms with Gasteiger partial charge in [-0.3, -0.25) is 19.2 Å². The Labute approximate surface area is 317 Å². The molecule has 4 heterocycles. The summed E-state index contributed by atoms with van der Waals surface area (Å²) in [6.45, 7) is 0.613. The molecule has 2 aromatic carbocycles. The number of fused-ring (bicyclic) bond motifs is 2. The van der Waals surface area contributed by atoms with Gasteiger partial charge in [0, 0.05) is 37.3 Å². The zero-order valence-corrected chi connectivity index (χ0v) is 28.9. The average molecular weight is 693 g/mol. The zero-order valence-electron chi connectivity index (χ0n) is 25.7. The largest absolute Gasteiger partial charge is 1.00 e. The molecule has 4 aromatic heterocycles. The Morgan fingerprint density at radius 2 is 1.08 bits per heavy atom. The Morgan fingerprint density at radius 1 is 0.673 bits per heavy atom. The number of H-pyrrole nitrogens is 2. The summed E-state index contributed by atoms with van der Waals surface area (Å²) in [4.78, 5) is 89.4. The molecule has 18 nitrogen and oxygen atoms in total. The second kappa shape index (κ2) is 16.7. The number of rotatable bonds is 10. The van der Waals surface area contributed by atoms with Crippen LogP contribution in [0, 0.1) is 0 Å². The van der Waals surface area contributed by atoms with E-state index in [1.165, 1.54) is 73.8 Å². The molecule has 0 unspecified atom stereocenters. The van der Waals surface area contributed by atoms with E-state index in [0.29, 0.717) is 35.8 Å². The van der Waals surface area contributed by atoms with Gasteiger partial charge < -0.3 is 44.7 Å². The topological polar surface area (TPSA) is 263 Å². The number of nitrogens with one attached hydrogen (secondary N) is 4. The summed E-state index contributed by atoms with van der Waals surface area (Å²) < 4.78 is 3.24. The number of carboxylic acid groups (broad SMARTS) is 2. The first-order chi connectivity index (χ1) is 23.1. The molecule has 0 aliphatic heterocycles. The van der Waals surface area contributed by atoms with Gasteiger partial charge in [0.25, 0.3) is 11.1 Å². The predicted molar refractivity (Wildman–Crippen MR) is 167 cm³/mol. The molecule has 49 heavy (non-hydrogen) atoms. The summed E-state index contributed by atoms with van der Waals surface area (Å²) in [5.74, 6) is -2.81. The summed E-state index contributed by atoms with van der Waals surface area (Å²) in [5, 5.41) is 24.8. The van der Waals surface area contributed by atoms with Gasteiger partial charge in [0.05, 0.1) is 36.8 Å². The van der Waals surface area contributed by atoms with Crippen molar-refractivity contribution in [3.05, 3.63) is 106 Å². The van der Waals surface area contributed by atoms with Crippen molar-refractivity contribution < 1.29 is 80.8 Å². The van der Waals surface area contributed by atoms with E-state index in [2.05, 4.69) is 40.5 Å². The third-order valence-electron chi connectivity index (χ3n) is 6.79. The minimum atomic E-state index is -1.28. The predicted octanol–water partition coefficient (Wildman–Crippen LogP) is -2.64. The van der Waals surface area contributed by atoms with E-state index in [1.807, 2.05) is 0 Å². The Kier molecular flexibility index (Phi) is 12.4. The summed E-state index contributed by atoms with van der Waals surface area (Å²) in [6.07, 6.45) is 5.77. The van der Waals surface area contributed by atoms with Crippen LogP contribution in [-0.4, -0.2) is 67.9 Å². The molecule has 0 fully saturated rings. The van der Waals surface area contributed by atoms with Crippen molar-refractivity contribution in [2.24, 2.45) is 0 Å². The van der Waals surface area contributed by atoms with Gasteiger partial charge in [0.1, 0.15) is 0 Å². The van der Waals surface area contributed by atoms with Crippen LogP contribution in [-0.2, 0) is 22.7 Å². The van der Waals surface area contributed by atoms with Crippen LogP contribution >= 0.6 is 0 Å². The normalized spacial score (nSPS) is 10.4. The Morgan fingerprint density at radius 3 is 1.47 bits per heavy atom. The molecule has 6 aromatic rings. The maximum atomic E-state index is 12.0. The number of aryl methyl sites for hydroxylation is 2. The molecule has 0 spiro atoms. The van der Waals surface area contributed by atoms with Crippen molar-refractivity contribution in [1.82, 2.24) is 39.0 Å². The molecule has 2 amide bonds. The second-order valence-corrected chi connectivity index (χ2v) is 10.0. The molecule has 5 N–H and O–H groups in total. The van der Waals surface area contributed by atoms with Crippen LogP contribution < -0.4 is 78.2 Å². The first-order valence-corrected chi connectivity index (χ1v) is 14.1. The molecular weight excluding hydrogens is 667 g/mol. The van der Waals surface area contributed by atoms with Crippen molar-refractivity contribution in [3.8, 4) is 0 Å². The number of aromatic carboxylic acids is 2. The molecule has 0 saturated carbocycles. The number of imidazole rings is 2. The minimum Gasteiger partial charge on any atom is -0.545 e. The first-order valence-electron chi connectivity index (χ1n) is 14.1. The second-order valence-electron chi connectivity index (χ2n) is 10.0. The molecule has 0 aliphatic rings. The van der Waals surface area contributed by atoms with Crippen LogP contribution in [0.15, 0.2) is 83.4 Å². The van der Waals surface area contributed by atoms with Gasteiger partial charge >= 0.3 is 57.4 Å². The van der Waals surface area contributed by atoms with Crippen LogP contribution in [0.1, 0.15) is 33.6 Å². The Balaban J connectivity index is 0.000000216.